The lowest BCUT2D eigenvalue weighted by molar-refractivity contribution is 0.120. The van der Waals surface area contributed by atoms with Crippen molar-refractivity contribution in [2.75, 3.05) is 23.9 Å². The van der Waals surface area contributed by atoms with Crippen molar-refractivity contribution in [2.24, 2.45) is 5.84 Å². The second kappa shape index (κ2) is 4.90. The normalized spacial score (nSPS) is 20.2. The summed E-state index contributed by atoms with van der Waals surface area (Å²) in [5.74, 6) is 6.49. The topological polar surface area (TPSA) is 85.1 Å². The lowest BCUT2D eigenvalue weighted by Crippen LogP contribution is -2.19. The predicted octanol–water partition coefficient (Wildman–Crippen LogP) is 0.353. The van der Waals surface area contributed by atoms with E-state index in [1.54, 1.807) is 12.4 Å². The van der Waals surface area contributed by atoms with Crippen LogP contribution < -0.4 is 16.6 Å². The summed E-state index contributed by atoms with van der Waals surface area (Å²) in [5, 5.41) is 3.17. The van der Waals surface area contributed by atoms with Crippen molar-refractivity contribution in [1.82, 2.24) is 9.97 Å². The maximum Gasteiger partial charge on any atom is 0.160 e. The quantitative estimate of drug-likeness (QED) is 0.490. The van der Waals surface area contributed by atoms with Gasteiger partial charge in [-0.1, -0.05) is 0 Å². The van der Waals surface area contributed by atoms with Gasteiger partial charge in [-0.05, 0) is 12.8 Å². The molecule has 4 N–H and O–H groups in total. The molecular formula is C9H15N5O. The van der Waals surface area contributed by atoms with Crippen molar-refractivity contribution in [3.8, 4) is 0 Å². The van der Waals surface area contributed by atoms with Gasteiger partial charge in [0, 0.05) is 13.2 Å². The molecular weight excluding hydrogens is 194 g/mol. The highest BCUT2D eigenvalue weighted by atomic mass is 16.5. The summed E-state index contributed by atoms with van der Waals surface area (Å²) in [6.45, 7) is 1.63. The molecule has 1 saturated heterocycles. The van der Waals surface area contributed by atoms with Gasteiger partial charge in [-0.15, -0.1) is 0 Å². The van der Waals surface area contributed by atoms with E-state index in [9.17, 15) is 0 Å². The first-order valence-electron chi connectivity index (χ1n) is 5.02. The van der Waals surface area contributed by atoms with Crippen molar-refractivity contribution >= 4 is 11.6 Å². The molecule has 1 aromatic rings. The van der Waals surface area contributed by atoms with Crippen molar-refractivity contribution in [1.29, 1.82) is 0 Å². The van der Waals surface area contributed by atoms with Gasteiger partial charge < -0.3 is 15.5 Å². The molecule has 2 heterocycles. The average Bonchev–Trinajstić information content (AvgIpc) is 2.79. The van der Waals surface area contributed by atoms with Crippen LogP contribution in [0.2, 0.25) is 0 Å². The number of aromatic nitrogens is 2. The van der Waals surface area contributed by atoms with E-state index in [0.29, 0.717) is 17.7 Å². The molecule has 1 aliphatic heterocycles. The zero-order valence-electron chi connectivity index (χ0n) is 8.44. The largest absolute Gasteiger partial charge is 0.376 e. The Balaban J connectivity index is 1.86. The Morgan fingerprint density at radius 3 is 3.07 bits per heavy atom. The van der Waals surface area contributed by atoms with Gasteiger partial charge in [0.2, 0.25) is 0 Å². The molecule has 0 aromatic carbocycles. The smallest absolute Gasteiger partial charge is 0.160 e. The van der Waals surface area contributed by atoms with Crippen LogP contribution in [0, 0.1) is 0 Å². The maximum absolute atomic E-state index is 5.48. The van der Waals surface area contributed by atoms with Crippen LogP contribution in [0.3, 0.4) is 0 Å². The number of hydrazine groups is 1. The molecule has 0 amide bonds. The minimum absolute atomic E-state index is 0.293. The van der Waals surface area contributed by atoms with E-state index in [2.05, 4.69) is 20.7 Å². The molecule has 15 heavy (non-hydrogen) atoms. The number of nitrogens with zero attached hydrogens (tertiary/aromatic N) is 2. The zero-order chi connectivity index (χ0) is 10.5. The SMILES string of the molecule is NNc1cncc(NCC2CCCO2)n1. The number of nitrogens with two attached hydrogens (primary N) is 1. The standard InChI is InChI=1S/C9H15N5O/c10-14-9-6-11-5-8(13-9)12-4-7-2-1-3-15-7/h5-7H,1-4,10H2,(H2,12,13,14). The monoisotopic (exact) mass is 209 g/mol. The summed E-state index contributed by atoms with van der Waals surface area (Å²) in [6, 6.07) is 0. The minimum atomic E-state index is 0.293. The minimum Gasteiger partial charge on any atom is -0.376 e. The molecule has 6 nitrogen and oxygen atoms in total. The Bertz CT molecular complexity index is 313. The Hall–Kier alpha value is -1.40. The molecule has 0 radical (unpaired) electrons. The fourth-order valence-electron chi connectivity index (χ4n) is 1.54. The van der Waals surface area contributed by atoms with Gasteiger partial charge in [0.1, 0.15) is 5.82 Å². The van der Waals surface area contributed by atoms with Gasteiger partial charge in [-0.3, -0.25) is 4.98 Å². The summed E-state index contributed by atoms with van der Waals surface area (Å²) in [5.41, 5.74) is 2.45. The summed E-state index contributed by atoms with van der Waals surface area (Å²) in [4.78, 5) is 8.18. The van der Waals surface area contributed by atoms with Gasteiger partial charge in [0.15, 0.2) is 5.82 Å². The third-order valence-electron chi connectivity index (χ3n) is 2.32. The van der Waals surface area contributed by atoms with Gasteiger partial charge in [-0.25, -0.2) is 10.8 Å². The molecule has 0 bridgehead atoms. The van der Waals surface area contributed by atoms with E-state index in [1.165, 1.54) is 0 Å². The Labute approximate surface area is 88.2 Å². The molecule has 82 valence electrons. The fraction of sp³-hybridized carbons (Fsp3) is 0.556. The summed E-state index contributed by atoms with van der Waals surface area (Å²) in [7, 11) is 0. The van der Waals surface area contributed by atoms with Crippen LogP contribution >= 0.6 is 0 Å². The van der Waals surface area contributed by atoms with Crippen molar-refractivity contribution in [3.63, 3.8) is 0 Å². The van der Waals surface area contributed by atoms with Gasteiger partial charge in [0.25, 0.3) is 0 Å². The fourth-order valence-corrected chi connectivity index (χ4v) is 1.54. The van der Waals surface area contributed by atoms with Crippen LogP contribution in [0.15, 0.2) is 12.4 Å². The number of hydrogen-bond donors (Lipinski definition) is 3. The van der Waals surface area contributed by atoms with E-state index in [-0.39, 0.29) is 0 Å². The van der Waals surface area contributed by atoms with Crippen LogP contribution in [0.25, 0.3) is 0 Å². The number of anilines is 2. The number of nitrogens with one attached hydrogen (secondary N) is 2. The molecule has 1 atom stereocenters. The van der Waals surface area contributed by atoms with Crippen molar-refractivity contribution < 1.29 is 4.74 Å². The molecule has 1 aromatic heterocycles. The van der Waals surface area contributed by atoms with Crippen LogP contribution in [-0.4, -0.2) is 29.2 Å². The Kier molecular flexibility index (Phi) is 3.31. The summed E-state index contributed by atoms with van der Waals surface area (Å²) < 4.78 is 5.48. The number of rotatable bonds is 4. The van der Waals surface area contributed by atoms with Crippen molar-refractivity contribution in [3.05, 3.63) is 12.4 Å². The molecule has 0 aliphatic carbocycles. The van der Waals surface area contributed by atoms with Crippen LogP contribution in [-0.2, 0) is 4.74 Å². The highest BCUT2D eigenvalue weighted by Crippen LogP contribution is 2.13. The Morgan fingerprint density at radius 1 is 1.47 bits per heavy atom. The predicted molar refractivity (Wildman–Crippen MR) is 57.3 cm³/mol. The third kappa shape index (κ3) is 2.77. The van der Waals surface area contributed by atoms with Crippen molar-refractivity contribution in [2.45, 2.75) is 18.9 Å². The molecule has 0 spiro atoms. The molecule has 0 saturated carbocycles. The van der Waals surface area contributed by atoms with Crippen LogP contribution in [0.4, 0.5) is 11.6 Å². The Morgan fingerprint density at radius 2 is 2.33 bits per heavy atom. The van der Waals surface area contributed by atoms with Crippen LogP contribution in [0.1, 0.15) is 12.8 Å². The second-order valence-corrected chi connectivity index (χ2v) is 3.45. The number of ether oxygens (including phenoxy) is 1. The second-order valence-electron chi connectivity index (χ2n) is 3.45. The van der Waals surface area contributed by atoms with E-state index in [0.717, 1.165) is 26.0 Å². The molecule has 1 aliphatic rings. The van der Waals surface area contributed by atoms with E-state index >= 15 is 0 Å². The molecule has 1 fully saturated rings. The van der Waals surface area contributed by atoms with E-state index in [1.807, 2.05) is 0 Å². The third-order valence-corrected chi connectivity index (χ3v) is 2.32. The lowest BCUT2D eigenvalue weighted by atomic mass is 10.2. The first-order valence-corrected chi connectivity index (χ1v) is 5.02. The molecule has 2 rings (SSSR count). The number of hydrogen-bond acceptors (Lipinski definition) is 6. The summed E-state index contributed by atoms with van der Waals surface area (Å²) >= 11 is 0. The van der Waals surface area contributed by atoms with Gasteiger partial charge in [-0.2, -0.15) is 0 Å². The van der Waals surface area contributed by atoms with E-state index < -0.39 is 0 Å². The highest BCUT2D eigenvalue weighted by molar-refractivity contribution is 5.40. The maximum atomic E-state index is 5.48. The summed E-state index contributed by atoms with van der Waals surface area (Å²) in [6.07, 6.45) is 5.77. The van der Waals surface area contributed by atoms with Gasteiger partial charge in [0.05, 0.1) is 18.5 Å². The molecule has 1 unspecified atom stereocenters. The highest BCUT2D eigenvalue weighted by Gasteiger charge is 2.14. The average molecular weight is 209 g/mol. The molecule has 6 heteroatoms. The first kappa shape index (κ1) is 10.1. The lowest BCUT2D eigenvalue weighted by Gasteiger charge is -2.11. The van der Waals surface area contributed by atoms with Gasteiger partial charge >= 0.3 is 0 Å². The van der Waals surface area contributed by atoms with E-state index in [4.69, 9.17) is 10.6 Å². The van der Waals surface area contributed by atoms with Crippen LogP contribution in [0.5, 0.6) is 0 Å². The zero-order valence-corrected chi connectivity index (χ0v) is 8.44. The first-order chi connectivity index (χ1) is 7.38. The number of nitrogen functional groups attached to an aromatic ring is 1.